The van der Waals surface area contributed by atoms with Crippen LogP contribution in [-0.2, 0) is 52.3 Å². The van der Waals surface area contributed by atoms with Gasteiger partial charge in [0.1, 0.15) is 37.8 Å². The van der Waals surface area contributed by atoms with E-state index in [0.717, 1.165) is 175 Å². The Morgan fingerprint density at radius 2 is 0.470 bits per heavy atom. The average molecular weight is 1640 g/mol. The Kier molecular flexibility index (Phi) is 93.2. The van der Waals surface area contributed by atoms with Gasteiger partial charge in [-0.05, 0) is 148 Å². The number of unbranched alkanes of at least 4 members (excludes halogenated alkanes) is 34. The van der Waals surface area contributed by atoms with Crippen LogP contribution in [0.15, 0.2) is 0 Å². The molecule has 0 aliphatic heterocycles. The first-order valence-corrected chi connectivity index (χ1v) is 49.6. The maximum atomic E-state index is 12.9. The molecular formula is C98H194N4O13. The van der Waals surface area contributed by atoms with Crippen LogP contribution in [0, 0.1) is 11.8 Å². The minimum atomic E-state index is -0.650. The molecule has 0 aromatic carbocycles. The Morgan fingerprint density at radius 1 is 0.226 bits per heavy atom. The number of hydrogen-bond donors (Lipinski definition) is 0. The van der Waals surface area contributed by atoms with Crippen molar-refractivity contribution in [1.29, 1.82) is 0 Å². The first kappa shape index (κ1) is 116. The van der Waals surface area contributed by atoms with Crippen LogP contribution in [0.2, 0.25) is 0 Å². The lowest BCUT2D eigenvalue weighted by Gasteiger charge is -2.26. The summed E-state index contributed by atoms with van der Waals surface area (Å²) in [5.74, 6) is 0.872. The van der Waals surface area contributed by atoms with E-state index in [0.29, 0.717) is 102 Å². The molecule has 17 heteroatoms. The molecule has 0 radical (unpaired) electrons. The first-order chi connectivity index (χ1) is 56.0. The third-order valence-electron chi connectivity index (χ3n) is 22.8. The van der Waals surface area contributed by atoms with Crippen molar-refractivity contribution >= 4 is 36.0 Å². The van der Waals surface area contributed by atoms with E-state index in [1.807, 2.05) is 0 Å². The zero-order chi connectivity index (χ0) is 85.4. The third kappa shape index (κ3) is 85.2. The number of carbonyl (C=O) groups excluding carboxylic acids is 6. The summed E-state index contributed by atoms with van der Waals surface area (Å²) in [6.45, 7) is 42.9. The minimum Gasteiger partial charge on any atom is -0.465 e. The topological polar surface area (TPSA) is 180 Å². The van der Waals surface area contributed by atoms with E-state index in [2.05, 4.69) is 110 Å². The molecule has 0 aromatic heterocycles. The number of likely N-dealkylation sites (N-methyl/N-ethyl adjacent to an activating group) is 2. The number of ketones is 1. The number of carbonyl (C=O) groups is 6. The van der Waals surface area contributed by atoms with Crippen molar-refractivity contribution in [2.24, 2.45) is 11.8 Å². The number of hydrogen-bond acceptors (Lipinski definition) is 17. The largest absolute Gasteiger partial charge is 0.508 e. The molecule has 0 rings (SSSR count). The maximum absolute atomic E-state index is 12.9. The fourth-order valence-electron chi connectivity index (χ4n) is 14.8. The Hall–Kier alpha value is -3.54. The molecular weight excluding hydrogens is 1440 g/mol. The van der Waals surface area contributed by atoms with Gasteiger partial charge >= 0.3 is 30.2 Å². The van der Waals surface area contributed by atoms with Gasteiger partial charge in [-0.15, -0.1) is 0 Å². The number of nitrogens with zero attached hydrogens (tertiary/aromatic N) is 4. The van der Waals surface area contributed by atoms with Gasteiger partial charge in [-0.3, -0.25) is 24.2 Å². The number of rotatable bonds is 85. The molecule has 0 bridgehead atoms. The van der Waals surface area contributed by atoms with Gasteiger partial charge in [0.05, 0.1) is 13.2 Å². The van der Waals surface area contributed by atoms with E-state index in [-0.39, 0.29) is 36.7 Å². The summed E-state index contributed by atoms with van der Waals surface area (Å²) in [6.07, 6.45) is 61.7. The van der Waals surface area contributed by atoms with Crippen LogP contribution in [0.3, 0.4) is 0 Å². The van der Waals surface area contributed by atoms with Gasteiger partial charge in [-0.25, -0.2) is 9.59 Å². The second kappa shape index (κ2) is 92.7. The van der Waals surface area contributed by atoms with Crippen LogP contribution in [-0.4, -0.2) is 179 Å². The Bertz CT molecular complexity index is 2060. The fourth-order valence-corrected chi connectivity index (χ4v) is 14.8. The minimum absolute atomic E-state index is 0.116. The normalized spacial score (nSPS) is 12.4. The van der Waals surface area contributed by atoms with Crippen LogP contribution in [0.25, 0.3) is 0 Å². The number of Topliss-reactive ketones (excluding diaryl/α,β-unsaturated/α-hetero) is 1. The van der Waals surface area contributed by atoms with Crippen molar-refractivity contribution in [1.82, 2.24) is 19.6 Å². The summed E-state index contributed by atoms with van der Waals surface area (Å²) in [7, 11) is 0. The Morgan fingerprint density at radius 3 is 0.783 bits per heavy atom. The molecule has 0 saturated carbocycles. The number of esters is 3. The van der Waals surface area contributed by atoms with E-state index in [4.69, 9.17) is 33.2 Å². The molecule has 17 nitrogen and oxygen atoms in total. The number of ether oxygens (including phenoxy) is 7. The summed E-state index contributed by atoms with van der Waals surface area (Å²) in [5.41, 5.74) is 0. The van der Waals surface area contributed by atoms with Crippen LogP contribution in [0.1, 0.15) is 463 Å². The zero-order valence-corrected chi connectivity index (χ0v) is 78.7. The Labute approximate surface area is 712 Å². The molecule has 0 heterocycles. The van der Waals surface area contributed by atoms with Crippen LogP contribution >= 0.6 is 0 Å². The highest BCUT2D eigenvalue weighted by molar-refractivity contribution is 5.75. The summed E-state index contributed by atoms with van der Waals surface area (Å²) < 4.78 is 40.0. The smallest absolute Gasteiger partial charge is 0.465 e. The predicted molar refractivity (Wildman–Crippen MR) is 486 cm³/mol. The highest BCUT2D eigenvalue weighted by atomic mass is 16.7. The lowest BCUT2D eigenvalue weighted by molar-refractivity contribution is -0.146. The standard InChI is InChI=1S/C48H94N2O7.C39H78N2O5.C11H22O/c1-7-13-17-21-23-25-29-35-46(51)54-41-39-50(38-37-49(11-5)12-6)40-42-55-48(53)57-45(33-28-20-16-10-4)34-30-36-47(52)56-43-44(31-26-19-15-9-3)32-27-24-22-18-14-8-2;1-7-13-16-19-20-22-26-36(25-21-17-14-8-2)35-45-38(42)29-24-28-37(27-23-18-15-9-3)46-39(43)44-34-33-41(30-10-4)32-31-40(11-5)12-6;1-3-4-5-6-7-8-9-10-11(2)12/h44-45H,7-43H2,1-6H3;36-37H,7-35H2,1-6H3;3-10H2,1-2H3. The molecule has 0 aliphatic carbocycles. The van der Waals surface area contributed by atoms with Gasteiger partial charge in [-0.1, -0.05) is 334 Å². The molecule has 0 aromatic rings. The molecule has 115 heavy (non-hydrogen) atoms. The summed E-state index contributed by atoms with van der Waals surface area (Å²) in [6, 6.07) is 0. The molecule has 0 saturated heterocycles. The second-order valence-electron chi connectivity index (χ2n) is 33.5. The van der Waals surface area contributed by atoms with Crippen molar-refractivity contribution in [2.45, 2.75) is 475 Å². The predicted octanol–water partition coefficient (Wildman–Crippen LogP) is 27.2. The van der Waals surface area contributed by atoms with E-state index in [1.54, 1.807) is 6.92 Å². The van der Waals surface area contributed by atoms with Gasteiger partial charge in [0.25, 0.3) is 0 Å². The van der Waals surface area contributed by atoms with Gasteiger partial charge in [0.2, 0.25) is 0 Å². The first-order valence-electron chi connectivity index (χ1n) is 49.6. The van der Waals surface area contributed by atoms with Gasteiger partial charge in [0.15, 0.2) is 0 Å². The van der Waals surface area contributed by atoms with E-state index in [9.17, 15) is 28.8 Å². The van der Waals surface area contributed by atoms with Crippen LogP contribution in [0.5, 0.6) is 0 Å². The summed E-state index contributed by atoms with van der Waals surface area (Å²) in [5, 5.41) is 0. The van der Waals surface area contributed by atoms with Crippen LogP contribution < -0.4 is 0 Å². The van der Waals surface area contributed by atoms with Crippen molar-refractivity contribution < 1.29 is 61.9 Å². The van der Waals surface area contributed by atoms with Crippen LogP contribution in [0.4, 0.5) is 9.59 Å². The monoisotopic (exact) mass is 1640 g/mol. The van der Waals surface area contributed by atoms with E-state index in [1.165, 1.54) is 212 Å². The highest BCUT2D eigenvalue weighted by Gasteiger charge is 2.22. The van der Waals surface area contributed by atoms with Gasteiger partial charge in [-0.2, -0.15) is 0 Å². The van der Waals surface area contributed by atoms with Gasteiger partial charge in [0, 0.05) is 71.5 Å². The molecule has 0 spiro atoms. The van der Waals surface area contributed by atoms with Gasteiger partial charge < -0.3 is 47.8 Å². The van der Waals surface area contributed by atoms with E-state index >= 15 is 0 Å². The van der Waals surface area contributed by atoms with E-state index < -0.39 is 12.3 Å². The third-order valence-corrected chi connectivity index (χ3v) is 22.8. The molecule has 0 aliphatic rings. The SMILES string of the molecule is CCCCCCCCC(CCCCCC)COC(=O)CCCC(CCCCCC)OC(=O)OCCN(CCC)CCN(CC)CC.CCCCCCCCCC(=O)OCCN(CCOC(=O)OC(CCCCCC)CCCC(=O)OCC(CCCCCC)CCCCCCCC)CCN(CC)CC.CCCCCCCCCC(C)=O. The van der Waals surface area contributed by atoms with Crippen molar-refractivity contribution in [3.63, 3.8) is 0 Å². The van der Waals surface area contributed by atoms with Crippen molar-refractivity contribution in [3.05, 3.63) is 0 Å². The molecule has 4 atom stereocenters. The lowest BCUT2D eigenvalue weighted by Crippen LogP contribution is -2.39. The molecule has 684 valence electrons. The Balaban J connectivity index is -0.00000193. The lowest BCUT2D eigenvalue weighted by atomic mass is 9.95. The molecule has 0 fully saturated rings. The maximum Gasteiger partial charge on any atom is 0.508 e. The highest BCUT2D eigenvalue weighted by Crippen LogP contribution is 2.24. The summed E-state index contributed by atoms with van der Waals surface area (Å²) >= 11 is 0. The zero-order valence-electron chi connectivity index (χ0n) is 78.7. The average Bonchev–Trinajstić information content (AvgIpc) is 0.952. The fraction of sp³-hybridized carbons (Fsp3) is 0.939. The second-order valence-corrected chi connectivity index (χ2v) is 33.5. The quantitative estimate of drug-likeness (QED) is 0.0318. The molecule has 0 N–H and O–H groups in total. The van der Waals surface area contributed by atoms with Crippen molar-refractivity contribution in [3.8, 4) is 0 Å². The molecule has 4 unspecified atom stereocenters. The van der Waals surface area contributed by atoms with Crippen molar-refractivity contribution in [2.75, 3.05) is 112 Å². The molecule has 0 amide bonds. The summed E-state index contributed by atoms with van der Waals surface area (Å²) in [4.78, 5) is 83.4.